The highest BCUT2D eigenvalue weighted by Crippen LogP contribution is 2.60. The van der Waals surface area contributed by atoms with Gasteiger partial charge in [-0.25, -0.2) is 0 Å². The molecule has 0 aliphatic heterocycles. The first kappa shape index (κ1) is 11.8. The highest BCUT2D eigenvalue weighted by Gasteiger charge is 2.50. The molecule has 4 atom stereocenters. The molecule has 1 aromatic carbocycles. The molecule has 4 rings (SSSR count). The van der Waals surface area contributed by atoms with Crippen molar-refractivity contribution >= 4 is 0 Å². The molecule has 0 spiro atoms. The Kier molecular flexibility index (Phi) is 2.49. The topological polar surface area (TPSA) is 20.2 Å². The summed E-state index contributed by atoms with van der Waals surface area (Å²) in [7, 11) is 0. The van der Waals surface area contributed by atoms with Crippen LogP contribution < -0.4 is 0 Å². The second kappa shape index (κ2) is 4.01. The average molecular weight is 256 g/mol. The van der Waals surface area contributed by atoms with Gasteiger partial charge in [-0.1, -0.05) is 19.4 Å². The highest BCUT2D eigenvalue weighted by atomic mass is 16.3. The lowest BCUT2D eigenvalue weighted by Gasteiger charge is -2.49. The van der Waals surface area contributed by atoms with Crippen molar-refractivity contribution in [2.45, 2.75) is 57.8 Å². The van der Waals surface area contributed by atoms with E-state index in [-0.39, 0.29) is 0 Å². The van der Waals surface area contributed by atoms with Crippen LogP contribution in [-0.4, -0.2) is 5.11 Å². The smallest absolute Gasteiger partial charge is 0.115 e. The predicted octanol–water partition coefficient (Wildman–Crippen LogP) is 4.64. The summed E-state index contributed by atoms with van der Waals surface area (Å²) in [6.45, 7) is 2.54. The van der Waals surface area contributed by atoms with E-state index in [4.69, 9.17) is 0 Å². The fourth-order valence-electron chi connectivity index (χ4n) is 5.55. The van der Waals surface area contributed by atoms with Gasteiger partial charge in [0.25, 0.3) is 0 Å². The first-order valence-corrected chi connectivity index (χ1v) is 7.99. The minimum atomic E-state index is 0.458. The van der Waals surface area contributed by atoms with Gasteiger partial charge < -0.3 is 5.11 Å². The van der Waals surface area contributed by atoms with E-state index < -0.39 is 0 Å². The Morgan fingerprint density at radius 2 is 2.05 bits per heavy atom. The van der Waals surface area contributed by atoms with Crippen LogP contribution in [0.2, 0.25) is 0 Å². The summed E-state index contributed by atoms with van der Waals surface area (Å²) in [5, 5.41) is 9.82. The van der Waals surface area contributed by atoms with Crippen molar-refractivity contribution in [3.63, 3.8) is 0 Å². The molecule has 0 radical (unpaired) electrons. The molecule has 0 saturated heterocycles. The van der Waals surface area contributed by atoms with Crippen LogP contribution in [0.25, 0.3) is 0 Å². The van der Waals surface area contributed by atoms with E-state index >= 15 is 0 Å². The van der Waals surface area contributed by atoms with E-state index in [2.05, 4.69) is 19.1 Å². The third kappa shape index (κ3) is 1.67. The van der Waals surface area contributed by atoms with Crippen molar-refractivity contribution in [1.29, 1.82) is 0 Å². The van der Waals surface area contributed by atoms with Gasteiger partial charge in [0.2, 0.25) is 0 Å². The van der Waals surface area contributed by atoms with Crippen molar-refractivity contribution in [2.24, 2.45) is 17.3 Å². The van der Waals surface area contributed by atoms with Gasteiger partial charge in [-0.2, -0.15) is 0 Å². The third-order valence-electron chi connectivity index (χ3n) is 6.49. The Morgan fingerprint density at radius 3 is 2.95 bits per heavy atom. The molecule has 102 valence electrons. The molecule has 3 aliphatic carbocycles. The quantitative estimate of drug-likeness (QED) is 0.717. The number of benzene rings is 1. The molecular weight excluding hydrogens is 232 g/mol. The Labute approximate surface area is 116 Å². The number of aromatic hydroxyl groups is 1. The molecule has 2 saturated carbocycles. The van der Waals surface area contributed by atoms with Crippen LogP contribution in [0.1, 0.15) is 62.5 Å². The number of fused-ring (bicyclic) bond motifs is 5. The molecular formula is C18H24O. The normalized spacial score (nSPS) is 40.4. The molecule has 2 fully saturated rings. The van der Waals surface area contributed by atoms with Crippen molar-refractivity contribution < 1.29 is 5.11 Å². The van der Waals surface area contributed by atoms with Crippen LogP contribution in [0, 0.1) is 17.3 Å². The molecule has 0 amide bonds. The number of phenolic OH excluding ortho intramolecular Hbond substituents is 1. The minimum Gasteiger partial charge on any atom is -0.508 e. The highest BCUT2D eigenvalue weighted by molar-refractivity contribution is 5.40. The van der Waals surface area contributed by atoms with Gasteiger partial charge in [-0.3, -0.25) is 0 Å². The van der Waals surface area contributed by atoms with E-state index in [1.807, 2.05) is 6.07 Å². The van der Waals surface area contributed by atoms with Crippen molar-refractivity contribution in [3.8, 4) is 5.75 Å². The maximum Gasteiger partial charge on any atom is 0.115 e. The Bertz CT molecular complexity index is 506. The SMILES string of the molecule is C[C@@]12CCC[C@H]1[C@@H]1CCc3ccc(O)cc3[C@H]1CC2. The first-order chi connectivity index (χ1) is 9.17. The molecule has 0 aromatic heterocycles. The van der Waals surface area contributed by atoms with Crippen LogP contribution in [-0.2, 0) is 6.42 Å². The summed E-state index contributed by atoms with van der Waals surface area (Å²) < 4.78 is 0. The van der Waals surface area contributed by atoms with Gasteiger partial charge in [0.1, 0.15) is 5.75 Å². The summed E-state index contributed by atoms with van der Waals surface area (Å²) in [6.07, 6.45) is 9.69. The molecule has 3 aliphatic rings. The lowest BCUT2D eigenvalue weighted by Crippen LogP contribution is -2.39. The predicted molar refractivity (Wildman–Crippen MR) is 77.3 cm³/mol. The Hall–Kier alpha value is -0.980. The monoisotopic (exact) mass is 256 g/mol. The summed E-state index contributed by atoms with van der Waals surface area (Å²) in [6, 6.07) is 6.08. The van der Waals surface area contributed by atoms with Gasteiger partial charge in [-0.05, 0) is 85.0 Å². The zero-order valence-corrected chi connectivity index (χ0v) is 11.9. The number of hydrogen-bond acceptors (Lipinski definition) is 1. The van der Waals surface area contributed by atoms with Gasteiger partial charge in [0.15, 0.2) is 0 Å². The van der Waals surface area contributed by atoms with E-state index in [1.165, 1.54) is 56.1 Å². The summed E-state index contributed by atoms with van der Waals surface area (Å²) in [5.74, 6) is 3.02. The number of rotatable bonds is 0. The van der Waals surface area contributed by atoms with E-state index in [0.29, 0.717) is 11.2 Å². The van der Waals surface area contributed by atoms with Gasteiger partial charge >= 0.3 is 0 Å². The van der Waals surface area contributed by atoms with E-state index in [9.17, 15) is 5.11 Å². The zero-order valence-electron chi connectivity index (χ0n) is 11.9. The van der Waals surface area contributed by atoms with Gasteiger partial charge in [-0.15, -0.1) is 0 Å². The van der Waals surface area contributed by atoms with Crippen LogP contribution in [0.4, 0.5) is 0 Å². The van der Waals surface area contributed by atoms with E-state index in [1.54, 1.807) is 0 Å². The second-order valence-electron chi connectivity index (χ2n) is 7.38. The summed E-state index contributed by atoms with van der Waals surface area (Å²) in [5.41, 5.74) is 3.61. The van der Waals surface area contributed by atoms with Crippen LogP contribution in [0.5, 0.6) is 5.75 Å². The lowest BCUT2D eigenvalue weighted by molar-refractivity contribution is 0.0598. The van der Waals surface area contributed by atoms with E-state index in [0.717, 1.165) is 17.8 Å². The number of hydrogen-bond donors (Lipinski definition) is 1. The number of aryl methyl sites for hydroxylation is 1. The lowest BCUT2D eigenvalue weighted by atomic mass is 9.56. The zero-order chi connectivity index (χ0) is 13.0. The molecule has 1 heteroatoms. The fourth-order valence-corrected chi connectivity index (χ4v) is 5.55. The standard InChI is InChI=1S/C18H24O/c1-18-9-2-3-17(18)15-7-5-12-4-6-13(19)11-16(12)14(15)8-10-18/h4,6,11,14-15,17,19H,2-3,5,7-10H2,1H3/t14-,15+,17-,18-/m0/s1. The summed E-state index contributed by atoms with van der Waals surface area (Å²) >= 11 is 0. The van der Waals surface area contributed by atoms with Crippen molar-refractivity contribution in [3.05, 3.63) is 29.3 Å². The van der Waals surface area contributed by atoms with Crippen LogP contribution in [0.15, 0.2) is 18.2 Å². The van der Waals surface area contributed by atoms with Crippen LogP contribution in [0.3, 0.4) is 0 Å². The van der Waals surface area contributed by atoms with Crippen molar-refractivity contribution in [2.75, 3.05) is 0 Å². The molecule has 1 nitrogen and oxygen atoms in total. The molecule has 0 bridgehead atoms. The number of phenols is 1. The maximum atomic E-state index is 9.82. The second-order valence-corrected chi connectivity index (χ2v) is 7.38. The molecule has 1 N–H and O–H groups in total. The molecule has 0 heterocycles. The van der Waals surface area contributed by atoms with Gasteiger partial charge in [0, 0.05) is 0 Å². The Morgan fingerprint density at radius 1 is 1.16 bits per heavy atom. The first-order valence-electron chi connectivity index (χ1n) is 7.99. The minimum absolute atomic E-state index is 0.458. The van der Waals surface area contributed by atoms with Gasteiger partial charge in [0.05, 0.1) is 0 Å². The fraction of sp³-hybridized carbons (Fsp3) is 0.667. The molecule has 19 heavy (non-hydrogen) atoms. The third-order valence-corrected chi connectivity index (χ3v) is 6.49. The largest absolute Gasteiger partial charge is 0.508 e. The Balaban J connectivity index is 1.73. The molecule has 0 unspecified atom stereocenters. The van der Waals surface area contributed by atoms with Crippen molar-refractivity contribution in [1.82, 2.24) is 0 Å². The van der Waals surface area contributed by atoms with Crippen LogP contribution >= 0.6 is 0 Å². The molecule has 1 aromatic rings. The summed E-state index contributed by atoms with van der Waals surface area (Å²) in [4.78, 5) is 0. The average Bonchev–Trinajstić information content (AvgIpc) is 2.80. The maximum absolute atomic E-state index is 9.82.